The number of anilines is 1. The van der Waals surface area contributed by atoms with Gasteiger partial charge in [0, 0.05) is 22.2 Å². The normalized spacial score (nSPS) is 11.0. The standard InChI is InChI=1S/C18H17BrFN3O3S/c1-18(2,3)12-6-4-10(8-13(12)19)16(24)22-17(27)21-15-9-11(23(25)26)5-7-14(15)20/h4-9H,1-3H3,(H2,21,22,24,27). The Hall–Kier alpha value is -2.39. The van der Waals surface area contributed by atoms with E-state index in [2.05, 4.69) is 47.3 Å². The van der Waals surface area contributed by atoms with Gasteiger partial charge in [-0.1, -0.05) is 42.8 Å². The van der Waals surface area contributed by atoms with Crippen LogP contribution in [0.1, 0.15) is 36.7 Å². The number of non-ortho nitro benzene ring substituents is 1. The van der Waals surface area contributed by atoms with Gasteiger partial charge in [-0.2, -0.15) is 0 Å². The van der Waals surface area contributed by atoms with Crippen LogP contribution in [0.25, 0.3) is 0 Å². The van der Waals surface area contributed by atoms with Gasteiger partial charge in [-0.05, 0) is 41.4 Å². The molecule has 142 valence electrons. The van der Waals surface area contributed by atoms with Gasteiger partial charge in [0.1, 0.15) is 5.82 Å². The minimum atomic E-state index is -0.727. The van der Waals surface area contributed by atoms with Gasteiger partial charge in [-0.3, -0.25) is 20.2 Å². The summed E-state index contributed by atoms with van der Waals surface area (Å²) < 4.78 is 14.6. The van der Waals surface area contributed by atoms with Gasteiger partial charge in [-0.15, -0.1) is 0 Å². The second kappa shape index (κ2) is 8.10. The van der Waals surface area contributed by atoms with Crippen LogP contribution in [0.2, 0.25) is 0 Å². The summed E-state index contributed by atoms with van der Waals surface area (Å²) >= 11 is 8.47. The topological polar surface area (TPSA) is 84.3 Å². The fraction of sp³-hybridized carbons (Fsp3) is 0.222. The van der Waals surface area contributed by atoms with E-state index in [4.69, 9.17) is 12.2 Å². The van der Waals surface area contributed by atoms with Gasteiger partial charge in [-0.25, -0.2) is 4.39 Å². The van der Waals surface area contributed by atoms with Gasteiger partial charge >= 0.3 is 0 Å². The van der Waals surface area contributed by atoms with Crippen LogP contribution in [0.5, 0.6) is 0 Å². The molecule has 0 radical (unpaired) electrons. The van der Waals surface area contributed by atoms with E-state index < -0.39 is 16.6 Å². The molecule has 2 aromatic carbocycles. The number of halogens is 2. The van der Waals surface area contributed by atoms with E-state index in [0.717, 1.165) is 28.2 Å². The first kappa shape index (κ1) is 20.9. The second-order valence-electron chi connectivity index (χ2n) is 6.77. The van der Waals surface area contributed by atoms with Crippen LogP contribution < -0.4 is 10.6 Å². The number of rotatable bonds is 3. The molecule has 0 bridgehead atoms. The second-order valence-corrected chi connectivity index (χ2v) is 8.04. The summed E-state index contributed by atoms with van der Waals surface area (Å²) in [6.07, 6.45) is 0. The molecule has 27 heavy (non-hydrogen) atoms. The smallest absolute Gasteiger partial charge is 0.271 e. The van der Waals surface area contributed by atoms with E-state index in [1.54, 1.807) is 12.1 Å². The highest BCUT2D eigenvalue weighted by molar-refractivity contribution is 9.10. The zero-order chi connectivity index (χ0) is 20.4. The van der Waals surface area contributed by atoms with E-state index in [0.29, 0.717) is 5.56 Å². The van der Waals surface area contributed by atoms with Crippen molar-refractivity contribution in [1.82, 2.24) is 5.32 Å². The molecule has 0 saturated heterocycles. The monoisotopic (exact) mass is 453 g/mol. The maximum Gasteiger partial charge on any atom is 0.271 e. The third-order valence-electron chi connectivity index (χ3n) is 3.68. The molecule has 9 heteroatoms. The lowest BCUT2D eigenvalue weighted by molar-refractivity contribution is -0.384. The van der Waals surface area contributed by atoms with E-state index >= 15 is 0 Å². The molecule has 0 fully saturated rings. The van der Waals surface area contributed by atoms with Crippen molar-refractivity contribution < 1.29 is 14.1 Å². The van der Waals surface area contributed by atoms with Crippen molar-refractivity contribution in [2.75, 3.05) is 5.32 Å². The Morgan fingerprint density at radius 1 is 1.22 bits per heavy atom. The van der Waals surface area contributed by atoms with Gasteiger partial charge < -0.3 is 5.32 Å². The summed E-state index contributed by atoms with van der Waals surface area (Å²) in [7, 11) is 0. The highest BCUT2D eigenvalue weighted by Crippen LogP contribution is 2.30. The predicted octanol–water partition coefficient (Wildman–Crippen LogP) is 4.92. The van der Waals surface area contributed by atoms with Crippen LogP contribution in [0.4, 0.5) is 15.8 Å². The van der Waals surface area contributed by atoms with Crippen LogP contribution in [-0.4, -0.2) is 15.9 Å². The third-order valence-corrected chi connectivity index (χ3v) is 4.54. The lowest BCUT2D eigenvalue weighted by Gasteiger charge is -2.21. The predicted molar refractivity (Wildman–Crippen MR) is 110 cm³/mol. The fourth-order valence-corrected chi connectivity index (χ4v) is 3.49. The van der Waals surface area contributed by atoms with Gasteiger partial charge in [0.05, 0.1) is 10.6 Å². The van der Waals surface area contributed by atoms with Crippen LogP contribution in [-0.2, 0) is 5.41 Å². The van der Waals surface area contributed by atoms with Crippen molar-refractivity contribution in [3.8, 4) is 0 Å². The first-order valence-corrected chi connectivity index (χ1v) is 9.05. The van der Waals surface area contributed by atoms with Crippen molar-refractivity contribution in [3.05, 3.63) is 67.9 Å². The Labute approximate surface area is 169 Å². The average molecular weight is 454 g/mol. The summed E-state index contributed by atoms with van der Waals surface area (Å²) in [6.45, 7) is 6.17. The van der Waals surface area contributed by atoms with E-state index in [1.807, 2.05) is 6.07 Å². The zero-order valence-electron chi connectivity index (χ0n) is 14.8. The van der Waals surface area contributed by atoms with Gasteiger partial charge in [0.2, 0.25) is 0 Å². The third kappa shape index (κ3) is 5.30. The minimum Gasteiger partial charge on any atom is -0.330 e. The minimum absolute atomic E-state index is 0.0930. The number of nitro groups is 1. The molecule has 0 atom stereocenters. The first-order chi connectivity index (χ1) is 12.5. The average Bonchev–Trinajstić information content (AvgIpc) is 2.55. The zero-order valence-corrected chi connectivity index (χ0v) is 17.2. The van der Waals surface area contributed by atoms with Crippen LogP contribution in [0, 0.1) is 15.9 Å². The summed E-state index contributed by atoms with van der Waals surface area (Å²) in [5.74, 6) is -1.21. The Kier molecular flexibility index (Phi) is 6.27. The number of hydrogen-bond acceptors (Lipinski definition) is 4. The molecule has 0 unspecified atom stereocenters. The summed E-state index contributed by atoms with van der Waals surface area (Å²) in [4.78, 5) is 22.5. The Balaban J connectivity index is 2.12. The maximum atomic E-state index is 13.8. The first-order valence-electron chi connectivity index (χ1n) is 7.85. The number of nitrogens with one attached hydrogen (secondary N) is 2. The highest BCUT2D eigenvalue weighted by Gasteiger charge is 2.19. The molecule has 0 aliphatic heterocycles. The number of thiocarbonyl (C=S) groups is 1. The molecule has 2 rings (SSSR count). The van der Waals surface area contributed by atoms with Gasteiger partial charge in [0.15, 0.2) is 5.11 Å². The van der Waals surface area contributed by atoms with Crippen molar-refractivity contribution in [1.29, 1.82) is 0 Å². The highest BCUT2D eigenvalue weighted by atomic mass is 79.9. The molecule has 0 heterocycles. The number of amides is 1. The molecule has 2 aromatic rings. The number of carbonyl (C=O) groups is 1. The largest absolute Gasteiger partial charge is 0.330 e. The van der Waals surface area contributed by atoms with Crippen LogP contribution >= 0.6 is 28.1 Å². The van der Waals surface area contributed by atoms with E-state index in [1.165, 1.54) is 0 Å². The molecule has 0 spiro atoms. The molecule has 2 N–H and O–H groups in total. The SMILES string of the molecule is CC(C)(C)c1ccc(C(=O)NC(=S)Nc2cc([N+](=O)[O-])ccc2F)cc1Br. The number of benzene rings is 2. The molecular formula is C18H17BrFN3O3S. The fourth-order valence-electron chi connectivity index (χ4n) is 2.32. The number of carbonyl (C=O) groups excluding carboxylic acids is 1. The van der Waals surface area contributed by atoms with Crippen molar-refractivity contribution in [2.45, 2.75) is 26.2 Å². The molecule has 0 saturated carbocycles. The van der Waals surface area contributed by atoms with Gasteiger partial charge in [0.25, 0.3) is 11.6 Å². The van der Waals surface area contributed by atoms with Crippen LogP contribution in [0.15, 0.2) is 40.9 Å². The maximum absolute atomic E-state index is 13.8. The molecule has 1 amide bonds. The Morgan fingerprint density at radius 3 is 2.44 bits per heavy atom. The molecule has 0 aromatic heterocycles. The molecule has 0 aliphatic carbocycles. The van der Waals surface area contributed by atoms with Crippen molar-refractivity contribution in [2.24, 2.45) is 0 Å². The van der Waals surface area contributed by atoms with Crippen molar-refractivity contribution >= 4 is 50.5 Å². The Morgan fingerprint density at radius 2 is 1.89 bits per heavy atom. The van der Waals surface area contributed by atoms with E-state index in [-0.39, 0.29) is 21.9 Å². The molecular weight excluding hydrogens is 437 g/mol. The number of nitrogens with zero attached hydrogens (tertiary/aromatic N) is 1. The lowest BCUT2D eigenvalue weighted by Crippen LogP contribution is -2.34. The summed E-state index contributed by atoms with van der Waals surface area (Å²) in [6, 6.07) is 8.17. The summed E-state index contributed by atoms with van der Waals surface area (Å²) in [5.41, 5.74) is 0.815. The molecule has 6 nitrogen and oxygen atoms in total. The van der Waals surface area contributed by atoms with Crippen molar-refractivity contribution in [3.63, 3.8) is 0 Å². The summed E-state index contributed by atoms with van der Waals surface area (Å²) in [5, 5.41) is 15.5. The molecule has 0 aliphatic rings. The Bertz CT molecular complexity index is 929. The number of hydrogen-bond donors (Lipinski definition) is 2. The quantitative estimate of drug-likeness (QED) is 0.391. The number of nitro benzene ring substituents is 1. The van der Waals surface area contributed by atoms with E-state index in [9.17, 15) is 19.3 Å². The lowest BCUT2D eigenvalue weighted by atomic mass is 9.86. The van der Waals surface area contributed by atoms with Crippen LogP contribution in [0.3, 0.4) is 0 Å².